The van der Waals surface area contributed by atoms with E-state index in [2.05, 4.69) is 65.0 Å². The maximum atomic E-state index is 2.25. The summed E-state index contributed by atoms with van der Waals surface area (Å²) in [4.78, 5) is 1.31. The van der Waals surface area contributed by atoms with E-state index >= 15 is 0 Å². The van der Waals surface area contributed by atoms with Gasteiger partial charge in [0.25, 0.3) is 5.82 Å². The zero-order valence-corrected chi connectivity index (χ0v) is 12.7. The van der Waals surface area contributed by atoms with Gasteiger partial charge in [0, 0.05) is 0 Å². The highest BCUT2D eigenvalue weighted by Gasteiger charge is 2.21. The quantitative estimate of drug-likeness (QED) is 0.420. The molecule has 0 radical (unpaired) electrons. The van der Waals surface area contributed by atoms with E-state index in [0.717, 1.165) is 0 Å². The summed E-state index contributed by atoms with van der Waals surface area (Å²) >= 11 is 1.78. The van der Waals surface area contributed by atoms with Crippen LogP contribution in [0.2, 0.25) is 0 Å². The predicted octanol–water partition coefficient (Wildman–Crippen LogP) is -0.265. The van der Waals surface area contributed by atoms with Crippen LogP contribution < -0.4 is 28.5 Å². The van der Waals surface area contributed by atoms with Crippen molar-refractivity contribution in [3.8, 4) is 10.7 Å². The van der Waals surface area contributed by atoms with Crippen molar-refractivity contribution >= 4 is 22.4 Å². The van der Waals surface area contributed by atoms with Gasteiger partial charge in [0.1, 0.15) is 4.88 Å². The monoisotopic (exact) mass is 356 g/mol. The Hall–Kier alpha value is -0.880. The van der Waals surface area contributed by atoms with E-state index in [1.165, 1.54) is 21.7 Å². The van der Waals surface area contributed by atoms with Crippen LogP contribution >= 0.6 is 11.3 Å². The average molecular weight is 356 g/mol. The lowest BCUT2D eigenvalue weighted by Gasteiger charge is -1.93. The fraction of sp³-hybridized carbons (Fsp3) is 0.154. The van der Waals surface area contributed by atoms with Gasteiger partial charge in [-0.25, -0.2) is 9.13 Å². The van der Waals surface area contributed by atoms with Crippen LogP contribution in [0.4, 0.5) is 0 Å². The lowest BCUT2D eigenvalue weighted by atomic mass is 10.3. The van der Waals surface area contributed by atoms with E-state index in [0.29, 0.717) is 0 Å². The number of aromatic nitrogens is 2. The molecule has 2 heterocycles. The molecule has 0 aliphatic heterocycles. The number of aryl methyl sites for hydroxylation is 2. The first-order chi connectivity index (χ1) is 7.79. The van der Waals surface area contributed by atoms with Crippen LogP contribution in [0.25, 0.3) is 21.7 Å². The Morgan fingerprint density at radius 1 is 1.12 bits per heavy atom. The lowest BCUT2D eigenvalue weighted by Crippen LogP contribution is -3.00. The van der Waals surface area contributed by atoms with Gasteiger partial charge in [0.2, 0.25) is 0 Å². The second kappa shape index (κ2) is 4.78. The minimum Gasteiger partial charge on any atom is -1.00 e. The molecule has 0 saturated heterocycles. The van der Waals surface area contributed by atoms with Crippen LogP contribution in [0.1, 0.15) is 0 Å². The highest BCUT2D eigenvalue weighted by Crippen LogP contribution is 2.25. The van der Waals surface area contributed by atoms with Gasteiger partial charge in [-0.2, -0.15) is 0 Å². The summed E-state index contributed by atoms with van der Waals surface area (Å²) < 4.78 is 4.50. The van der Waals surface area contributed by atoms with Crippen molar-refractivity contribution in [3.63, 3.8) is 0 Å². The Bertz CT molecular complexity index is 602. The normalized spacial score (nSPS) is 10.5. The van der Waals surface area contributed by atoms with Crippen molar-refractivity contribution in [1.82, 2.24) is 4.57 Å². The van der Waals surface area contributed by atoms with E-state index in [4.69, 9.17) is 0 Å². The fourth-order valence-corrected chi connectivity index (χ4v) is 3.06. The Morgan fingerprint density at radius 2 is 1.88 bits per heavy atom. The van der Waals surface area contributed by atoms with E-state index in [1.807, 2.05) is 0 Å². The molecular formula is C13H13IN2S. The highest BCUT2D eigenvalue weighted by molar-refractivity contribution is 7.13. The first kappa shape index (κ1) is 12.6. The van der Waals surface area contributed by atoms with Crippen molar-refractivity contribution in [3.05, 3.63) is 41.8 Å². The van der Waals surface area contributed by atoms with Crippen LogP contribution in [0.3, 0.4) is 0 Å². The Balaban J connectivity index is 0.00000108. The molecule has 0 saturated carbocycles. The summed E-state index contributed by atoms with van der Waals surface area (Å²) in [6.07, 6.45) is 0. The molecule has 0 fully saturated rings. The van der Waals surface area contributed by atoms with Crippen LogP contribution in [-0.2, 0) is 14.1 Å². The predicted molar refractivity (Wildman–Crippen MR) is 67.4 cm³/mol. The smallest absolute Gasteiger partial charge is 0.299 e. The Kier molecular flexibility index (Phi) is 3.53. The average Bonchev–Trinajstić information content (AvgIpc) is 2.89. The number of fused-ring (bicyclic) bond motifs is 1. The van der Waals surface area contributed by atoms with E-state index < -0.39 is 0 Å². The number of thiophene rings is 1. The van der Waals surface area contributed by atoms with Crippen molar-refractivity contribution in [2.45, 2.75) is 0 Å². The number of imidazole rings is 1. The van der Waals surface area contributed by atoms with Gasteiger partial charge in [0.05, 0.1) is 14.1 Å². The third kappa shape index (κ3) is 1.89. The van der Waals surface area contributed by atoms with Crippen LogP contribution in [0, 0.1) is 0 Å². The number of para-hydroxylation sites is 2. The molecule has 3 aromatic rings. The third-order valence-corrected chi connectivity index (χ3v) is 3.85. The largest absolute Gasteiger partial charge is 1.00 e. The van der Waals surface area contributed by atoms with Gasteiger partial charge in [0.15, 0.2) is 11.0 Å². The second-order valence-electron chi connectivity index (χ2n) is 3.91. The number of halogens is 1. The van der Waals surface area contributed by atoms with Crippen molar-refractivity contribution < 1.29 is 28.5 Å². The number of benzene rings is 1. The number of hydrogen-bond donors (Lipinski definition) is 0. The Morgan fingerprint density at radius 3 is 2.53 bits per heavy atom. The van der Waals surface area contributed by atoms with E-state index in [1.54, 1.807) is 11.3 Å². The molecule has 0 unspecified atom stereocenters. The molecule has 3 rings (SSSR count). The van der Waals surface area contributed by atoms with Gasteiger partial charge >= 0.3 is 0 Å². The highest BCUT2D eigenvalue weighted by atomic mass is 127. The molecule has 0 bridgehead atoms. The lowest BCUT2D eigenvalue weighted by molar-refractivity contribution is -0.633. The maximum Gasteiger partial charge on any atom is 0.299 e. The number of nitrogens with zero attached hydrogens (tertiary/aromatic N) is 2. The van der Waals surface area contributed by atoms with Crippen LogP contribution in [0.15, 0.2) is 41.8 Å². The van der Waals surface area contributed by atoms with Crippen LogP contribution in [-0.4, -0.2) is 4.57 Å². The van der Waals surface area contributed by atoms with Gasteiger partial charge in [-0.15, -0.1) is 11.3 Å². The van der Waals surface area contributed by atoms with E-state index in [9.17, 15) is 0 Å². The first-order valence-corrected chi connectivity index (χ1v) is 6.14. The molecule has 0 amide bonds. The summed E-state index contributed by atoms with van der Waals surface area (Å²) in [6.45, 7) is 0. The SMILES string of the molecule is Cn1c(-c2cccs2)[n+](C)c2ccccc21.[I-]. The summed E-state index contributed by atoms with van der Waals surface area (Å²) in [5, 5.41) is 2.12. The van der Waals surface area contributed by atoms with Crippen molar-refractivity contribution in [2.75, 3.05) is 0 Å². The zero-order valence-electron chi connectivity index (χ0n) is 9.72. The number of hydrogen-bond acceptors (Lipinski definition) is 1. The molecule has 0 N–H and O–H groups in total. The first-order valence-electron chi connectivity index (χ1n) is 5.26. The van der Waals surface area contributed by atoms with Crippen LogP contribution in [0.5, 0.6) is 0 Å². The molecule has 2 nitrogen and oxygen atoms in total. The molecule has 2 aromatic heterocycles. The summed E-state index contributed by atoms with van der Waals surface area (Å²) in [5.74, 6) is 1.26. The molecule has 0 atom stereocenters. The summed E-state index contributed by atoms with van der Waals surface area (Å²) in [6, 6.07) is 12.7. The second-order valence-corrected chi connectivity index (χ2v) is 4.86. The van der Waals surface area contributed by atoms with Crippen molar-refractivity contribution in [2.24, 2.45) is 14.1 Å². The molecule has 88 valence electrons. The standard InChI is InChI=1S/C13H13N2S.HI/c1-14-10-6-3-4-7-11(10)15(2)13(14)12-8-5-9-16-12;/h3-9H,1-2H3;1H/q+1;/p-1. The number of rotatable bonds is 1. The van der Waals surface area contributed by atoms with Gasteiger partial charge < -0.3 is 24.0 Å². The molecule has 0 aliphatic rings. The van der Waals surface area contributed by atoms with Crippen molar-refractivity contribution in [1.29, 1.82) is 0 Å². The van der Waals surface area contributed by atoms with E-state index in [-0.39, 0.29) is 24.0 Å². The fourth-order valence-electron chi connectivity index (χ4n) is 2.22. The summed E-state index contributed by atoms with van der Waals surface area (Å²) in [5.41, 5.74) is 2.54. The van der Waals surface area contributed by atoms with Gasteiger partial charge in [-0.3, -0.25) is 0 Å². The Labute approximate surface area is 122 Å². The molecule has 4 heteroatoms. The molecule has 0 aliphatic carbocycles. The third-order valence-electron chi connectivity index (χ3n) is 2.98. The zero-order chi connectivity index (χ0) is 11.1. The molecular weight excluding hydrogens is 343 g/mol. The minimum atomic E-state index is 0. The van der Waals surface area contributed by atoms with Gasteiger partial charge in [-0.05, 0) is 23.6 Å². The molecule has 17 heavy (non-hydrogen) atoms. The molecule has 0 spiro atoms. The molecule has 1 aromatic carbocycles. The maximum absolute atomic E-state index is 2.25. The topological polar surface area (TPSA) is 8.81 Å². The summed E-state index contributed by atoms with van der Waals surface area (Å²) in [7, 11) is 4.24. The minimum absolute atomic E-state index is 0. The van der Waals surface area contributed by atoms with Gasteiger partial charge in [-0.1, -0.05) is 18.2 Å².